The van der Waals surface area contributed by atoms with Gasteiger partial charge in [0.25, 0.3) is 0 Å². The lowest BCUT2D eigenvalue weighted by atomic mass is 10.00. The zero-order valence-electron chi connectivity index (χ0n) is 18.8. The molecule has 0 unspecified atom stereocenters. The molecule has 0 fully saturated rings. The Hall–Kier alpha value is -4.44. The molecule has 4 nitrogen and oxygen atoms in total. The quantitative estimate of drug-likeness (QED) is 0.190. The number of benzene rings is 4. The lowest BCUT2D eigenvalue weighted by Crippen LogP contribution is -2.31. The van der Waals surface area contributed by atoms with Gasteiger partial charge in [-0.05, 0) is 47.0 Å². The van der Waals surface area contributed by atoms with Crippen LogP contribution in [0.5, 0.6) is 5.75 Å². The third-order valence-corrected chi connectivity index (χ3v) is 6.00. The second-order valence-electron chi connectivity index (χ2n) is 8.21. The summed E-state index contributed by atoms with van der Waals surface area (Å²) in [4.78, 5) is 12.2. The highest BCUT2D eigenvalue weighted by Crippen LogP contribution is 2.26. The van der Waals surface area contributed by atoms with E-state index in [0.717, 1.165) is 44.2 Å². The molecule has 0 spiro atoms. The van der Waals surface area contributed by atoms with Gasteiger partial charge in [0.15, 0.2) is 0 Å². The highest BCUT2D eigenvalue weighted by atomic mass is 16.5. The molecule has 1 N–H and O–H groups in total. The largest absolute Gasteiger partial charge is 0.489 e. The van der Waals surface area contributed by atoms with Crippen LogP contribution in [0.3, 0.4) is 0 Å². The third-order valence-electron chi connectivity index (χ3n) is 6.00. The number of rotatable bonds is 6. The van der Waals surface area contributed by atoms with E-state index in [0.29, 0.717) is 12.2 Å². The first kappa shape index (κ1) is 21.4. The lowest BCUT2D eigenvalue weighted by molar-refractivity contribution is -0.617. The van der Waals surface area contributed by atoms with Crippen molar-refractivity contribution in [2.45, 2.75) is 6.61 Å². The first-order valence-electron chi connectivity index (χ1n) is 11.1. The Kier molecular flexibility index (Phi) is 5.79. The number of carboxylic acids is 1. The number of aryl methyl sites for hydroxylation is 1. The number of pyridine rings is 1. The van der Waals surface area contributed by atoms with E-state index in [1.165, 1.54) is 0 Å². The number of nitrogens with zero attached hydrogens (tertiary/aromatic N) is 1. The van der Waals surface area contributed by atoms with Crippen molar-refractivity contribution in [1.82, 2.24) is 0 Å². The SMILES string of the molecule is C[n+]1c2ccccc2c(C(=O)O)c2cc(C=Cc3ccc(OCc4ccccc4)cc3)ccc21. The summed E-state index contributed by atoms with van der Waals surface area (Å²) in [5, 5.41) is 11.4. The first-order valence-corrected chi connectivity index (χ1v) is 11.1. The van der Waals surface area contributed by atoms with Gasteiger partial charge in [-0.2, -0.15) is 4.57 Å². The van der Waals surface area contributed by atoms with Gasteiger partial charge in [0, 0.05) is 12.1 Å². The maximum atomic E-state index is 12.2. The zero-order chi connectivity index (χ0) is 23.5. The summed E-state index contributed by atoms with van der Waals surface area (Å²) in [7, 11) is 1.97. The van der Waals surface area contributed by atoms with Crippen LogP contribution in [-0.4, -0.2) is 11.1 Å². The molecule has 0 aliphatic carbocycles. The number of fused-ring (bicyclic) bond motifs is 2. The summed E-state index contributed by atoms with van der Waals surface area (Å²) in [6.45, 7) is 0.533. The fraction of sp³-hybridized carbons (Fsp3) is 0.0667. The van der Waals surface area contributed by atoms with E-state index < -0.39 is 5.97 Å². The number of carbonyl (C=O) groups is 1. The van der Waals surface area contributed by atoms with Crippen LogP contribution in [0, 0.1) is 0 Å². The van der Waals surface area contributed by atoms with Crippen LogP contribution in [0.15, 0.2) is 97.1 Å². The predicted octanol–water partition coefficient (Wildman–Crippen LogP) is 6.27. The van der Waals surface area contributed by atoms with Crippen LogP contribution in [-0.2, 0) is 13.7 Å². The molecule has 5 aromatic rings. The Balaban J connectivity index is 1.41. The van der Waals surface area contributed by atoms with E-state index in [1.54, 1.807) is 0 Å². The molecule has 5 rings (SSSR count). The number of carboxylic acid groups (broad SMARTS) is 1. The number of ether oxygens (including phenoxy) is 1. The summed E-state index contributed by atoms with van der Waals surface area (Å²) in [6.07, 6.45) is 4.02. The molecule has 0 atom stereocenters. The molecule has 0 aliphatic rings. The molecule has 166 valence electrons. The van der Waals surface area contributed by atoms with E-state index in [4.69, 9.17) is 4.74 Å². The molecule has 0 bridgehead atoms. The number of aromatic carboxylic acids is 1. The van der Waals surface area contributed by atoms with Gasteiger partial charge in [-0.15, -0.1) is 0 Å². The first-order chi connectivity index (χ1) is 16.6. The Morgan fingerprint density at radius 2 is 1.44 bits per heavy atom. The minimum Gasteiger partial charge on any atom is -0.489 e. The Labute approximate surface area is 198 Å². The van der Waals surface area contributed by atoms with Crippen molar-refractivity contribution >= 4 is 39.9 Å². The van der Waals surface area contributed by atoms with Crippen LogP contribution in [0.1, 0.15) is 27.0 Å². The van der Waals surface area contributed by atoms with Crippen LogP contribution >= 0.6 is 0 Å². The van der Waals surface area contributed by atoms with Crippen LogP contribution < -0.4 is 9.30 Å². The summed E-state index contributed by atoms with van der Waals surface area (Å²) in [5.41, 5.74) is 5.21. The number of para-hydroxylation sites is 1. The Morgan fingerprint density at radius 1 is 0.794 bits per heavy atom. The van der Waals surface area contributed by atoms with Gasteiger partial charge in [0.2, 0.25) is 11.0 Å². The minimum absolute atomic E-state index is 0.332. The average Bonchev–Trinajstić information content (AvgIpc) is 2.87. The monoisotopic (exact) mass is 446 g/mol. The van der Waals surface area contributed by atoms with Crippen molar-refractivity contribution in [3.8, 4) is 5.75 Å². The number of hydrogen-bond donors (Lipinski definition) is 1. The average molecular weight is 447 g/mol. The highest BCUT2D eigenvalue weighted by Gasteiger charge is 2.21. The second kappa shape index (κ2) is 9.20. The molecule has 0 saturated heterocycles. The molecule has 4 aromatic carbocycles. The van der Waals surface area contributed by atoms with Gasteiger partial charge in [-0.25, -0.2) is 4.79 Å². The van der Waals surface area contributed by atoms with Crippen molar-refractivity contribution < 1.29 is 19.2 Å². The van der Waals surface area contributed by atoms with Crippen molar-refractivity contribution in [2.24, 2.45) is 7.05 Å². The van der Waals surface area contributed by atoms with Crippen LogP contribution in [0.4, 0.5) is 0 Å². The molecule has 4 heteroatoms. The Bertz CT molecular complexity index is 1520. The standard InChI is InChI=1S/C30H23NO3/c1-31-27-10-6-5-9-25(27)29(30(32)33)26-19-22(15-18-28(26)31)12-11-21-13-16-24(17-14-21)34-20-23-7-3-2-4-8-23/h2-19H,20H2,1H3/p+1. The van der Waals surface area contributed by atoms with Crippen molar-refractivity contribution in [1.29, 1.82) is 0 Å². The van der Waals surface area contributed by atoms with E-state index in [-0.39, 0.29) is 0 Å². The highest BCUT2D eigenvalue weighted by molar-refractivity contribution is 6.12. The van der Waals surface area contributed by atoms with E-state index in [9.17, 15) is 9.90 Å². The molecule has 0 aliphatic heterocycles. The smallest absolute Gasteiger partial charge is 0.337 e. The topological polar surface area (TPSA) is 50.4 Å². The summed E-state index contributed by atoms with van der Waals surface area (Å²) < 4.78 is 7.90. The molecule has 0 radical (unpaired) electrons. The Morgan fingerprint density at radius 3 is 2.21 bits per heavy atom. The maximum absolute atomic E-state index is 12.2. The normalized spacial score (nSPS) is 11.3. The summed E-state index contributed by atoms with van der Waals surface area (Å²) >= 11 is 0. The molecule has 1 heterocycles. The third kappa shape index (κ3) is 4.26. The van der Waals surface area contributed by atoms with Crippen LogP contribution in [0.2, 0.25) is 0 Å². The van der Waals surface area contributed by atoms with Gasteiger partial charge in [-0.3, -0.25) is 0 Å². The summed E-state index contributed by atoms with van der Waals surface area (Å²) in [6, 6.07) is 31.5. The van der Waals surface area contributed by atoms with Gasteiger partial charge < -0.3 is 9.84 Å². The molecule has 1 aromatic heterocycles. The predicted molar refractivity (Wildman–Crippen MR) is 136 cm³/mol. The number of hydrogen-bond acceptors (Lipinski definition) is 2. The van der Waals surface area contributed by atoms with Crippen molar-refractivity contribution in [3.05, 3.63) is 119 Å². The van der Waals surface area contributed by atoms with E-state index in [2.05, 4.69) is 0 Å². The van der Waals surface area contributed by atoms with Gasteiger partial charge in [-0.1, -0.05) is 66.7 Å². The molecular weight excluding hydrogens is 422 g/mol. The van der Waals surface area contributed by atoms with E-state index in [1.807, 2.05) is 121 Å². The van der Waals surface area contributed by atoms with Crippen LogP contribution in [0.25, 0.3) is 34.0 Å². The van der Waals surface area contributed by atoms with Gasteiger partial charge in [0.1, 0.15) is 19.4 Å². The van der Waals surface area contributed by atoms with E-state index >= 15 is 0 Å². The van der Waals surface area contributed by atoms with Gasteiger partial charge >= 0.3 is 5.97 Å². The lowest BCUT2D eigenvalue weighted by Gasteiger charge is -2.08. The molecule has 34 heavy (non-hydrogen) atoms. The number of aromatic nitrogens is 1. The zero-order valence-corrected chi connectivity index (χ0v) is 18.8. The maximum Gasteiger partial charge on any atom is 0.337 e. The second-order valence-corrected chi connectivity index (χ2v) is 8.21. The fourth-order valence-corrected chi connectivity index (χ4v) is 4.24. The minimum atomic E-state index is -0.922. The molecule has 0 amide bonds. The fourth-order valence-electron chi connectivity index (χ4n) is 4.24. The van der Waals surface area contributed by atoms with Crippen molar-refractivity contribution in [2.75, 3.05) is 0 Å². The summed E-state index contributed by atoms with van der Waals surface area (Å²) in [5.74, 6) is -0.105. The van der Waals surface area contributed by atoms with Crippen molar-refractivity contribution in [3.63, 3.8) is 0 Å². The molecule has 0 saturated carbocycles. The van der Waals surface area contributed by atoms with Gasteiger partial charge in [0.05, 0.1) is 16.3 Å². The molecular formula is C30H24NO3+.